The number of rotatable bonds is 3. The number of hydrogen-bond donors (Lipinski definition) is 1. The first kappa shape index (κ1) is 18.5. The number of hydrogen-bond acceptors (Lipinski definition) is 5. The number of benzene rings is 2. The van der Waals surface area contributed by atoms with E-state index in [1.807, 2.05) is 6.07 Å². The Kier molecular flexibility index (Phi) is 5.09. The lowest BCUT2D eigenvalue weighted by Crippen LogP contribution is -1.97. The topological polar surface area (TPSA) is 61.1 Å². The second-order valence-electron chi connectivity index (χ2n) is 5.90. The number of pyridine rings is 1. The zero-order valence-corrected chi connectivity index (χ0v) is 15.5. The van der Waals surface area contributed by atoms with Crippen LogP contribution in [0.1, 0.15) is 22.3 Å². The van der Waals surface area contributed by atoms with Gasteiger partial charge >= 0.3 is 0 Å². The van der Waals surface area contributed by atoms with E-state index in [2.05, 4.69) is 32.4 Å². The fourth-order valence-electron chi connectivity index (χ4n) is 2.53. The van der Waals surface area contributed by atoms with Crippen molar-refractivity contribution in [3.8, 4) is 17.9 Å². The normalized spacial score (nSPS) is 10.8. The molecule has 1 aliphatic rings. The molecule has 1 aromatic heterocycles. The lowest BCUT2D eigenvalue weighted by Gasteiger charge is -2.08. The van der Waals surface area contributed by atoms with Gasteiger partial charge in [-0.1, -0.05) is 17.9 Å². The van der Waals surface area contributed by atoms with Gasteiger partial charge in [-0.25, -0.2) is 13.8 Å². The summed E-state index contributed by atoms with van der Waals surface area (Å²) >= 11 is 1.12. The summed E-state index contributed by atoms with van der Waals surface area (Å²) in [5, 5.41) is 8.95. The van der Waals surface area contributed by atoms with Gasteiger partial charge in [0.1, 0.15) is 5.82 Å². The van der Waals surface area contributed by atoms with Crippen molar-refractivity contribution in [1.82, 2.24) is 4.98 Å². The Labute approximate surface area is 169 Å². The van der Waals surface area contributed by atoms with Gasteiger partial charge in [0.25, 0.3) is 0 Å². The molecule has 0 saturated carbocycles. The van der Waals surface area contributed by atoms with Crippen LogP contribution in [-0.2, 0) is 0 Å². The minimum atomic E-state index is -0.793. The van der Waals surface area contributed by atoms with Crippen molar-refractivity contribution in [2.75, 3.05) is 4.72 Å². The molecule has 1 aliphatic heterocycles. The van der Waals surface area contributed by atoms with Gasteiger partial charge in [0.15, 0.2) is 11.6 Å². The van der Waals surface area contributed by atoms with E-state index in [9.17, 15) is 8.78 Å². The van der Waals surface area contributed by atoms with Gasteiger partial charge in [0, 0.05) is 28.3 Å². The highest BCUT2D eigenvalue weighted by atomic mass is 32.2. The summed E-state index contributed by atoms with van der Waals surface area (Å²) in [5.74, 6) is 6.96. The predicted octanol–water partition coefficient (Wildman–Crippen LogP) is 5.08. The number of nitrogens with one attached hydrogen (secondary N) is 1. The lowest BCUT2D eigenvalue weighted by molar-refractivity contribution is 0.580. The zero-order chi connectivity index (χ0) is 20.2. The summed E-state index contributed by atoms with van der Waals surface area (Å²) in [4.78, 5) is 8.79. The molecular weight excluding hydrogens is 390 g/mol. The van der Waals surface area contributed by atoms with Crippen LogP contribution in [0.5, 0.6) is 0 Å². The van der Waals surface area contributed by atoms with Crippen LogP contribution in [0.4, 0.5) is 20.3 Å². The van der Waals surface area contributed by atoms with Crippen LogP contribution >= 0.6 is 11.9 Å². The molecule has 2 heterocycles. The second kappa shape index (κ2) is 8.00. The van der Waals surface area contributed by atoms with E-state index >= 15 is 0 Å². The van der Waals surface area contributed by atoms with Crippen molar-refractivity contribution in [2.45, 2.75) is 4.90 Å². The van der Waals surface area contributed by atoms with Crippen LogP contribution in [0.3, 0.4) is 0 Å². The Morgan fingerprint density at radius 1 is 1.07 bits per heavy atom. The van der Waals surface area contributed by atoms with Gasteiger partial charge in [0.05, 0.1) is 22.9 Å². The Balaban J connectivity index is 1.57. The smallest absolute Gasteiger partial charge is 0.169 e. The van der Waals surface area contributed by atoms with E-state index in [0.29, 0.717) is 16.9 Å². The van der Waals surface area contributed by atoms with Gasteiger partial charge in [-0.2, -0.15) is 10.3 Å². The van der Waals surface area contributed by atoms with Crippen LogP contribution in [0.2, 0.25) is 0 Å². The molecule has 0 amide bonds. The Morgan fingerprint density at radius 2 is 1.97 bits per heavy atom. The molecule has 138 valence electrons. The van der Waals surface area contributed by atoms with E-state index in [1.165, 1.54) is 12.3 Å². The standard InChI is InChI=1S/C22H10F2N4S/c23-19-6-7-20(28-29-17-3-1-2-14(11-17)12-25)21(24)18(19)5-4-15-10-16-8-9-26-22(16)27-13-15/h1-3,6-8,10-11,13,28H. The predicted molar refractivity (Wildman–Crippen MR) is 109 cm³/mol. The summed E-state index contributed by atoms with van der Waals surface area (Å²) in [5.41, 5.74) is 1.51. The Morgan fingerprint density at radius 3 is 2.83 bits per heavy atom. The van der Waals surface area contributed by atoms with Crippen LogP contribution in [0.15, 0.2) is 58.5 Å². The first-order valence-corrected chi connectivity index (χ1v) is 9.18. The molecule has 0 saturated heterocycles. The number of halogens is 2. The molecule has 4 nitrogen and oxygen atoms in total. The monoisotopic (exact) mass is 400 g/mol. The van der Waals surface area contributed by atoms with Gasteiger partial charge < -0.3 is 4.72 Å². The zero-order valence-electron chi connectivity index (χ0n) is 14.7. The fraction of sp³-hybridized carbons (Fsp3) is 0. The highest BCUT2D eigenvalue weighted by Gasteiger charge is 2.13. The molecule has 7 heteroatoms. The first-order chi connectivity index (χ1) is 14.1. The van der Waals surface area contributed by atoms with E-state index in [1.54, 1.807) is 36.4 Å². The van der Waals surface area contributed by atoms with Crippen molar-refractivity contribution in [3.63, 3.8) is 0 Å². The van der Waals surface area contributed by atoms with Crippen molar-refractivity contribution in [1.29, 1.82) is 5.26 Å². The average molecular weight is 400 g/mol. The largest absolute Gasteiger partial charge is 0.323 e. The number of nitriles is 1. The third-order valence-electron chi connectivity index (χ3n) is 3.95. The summed E-state index contributed by atoms with van der Waals surface area (Å²) in [6.07, 6.45) is 3.16. The number of nitrogens with zero attached hydrogens (tertiary/aromatic N) is 3. The summed E-state index contributed by atoms with van der Waals surface area (Å²) in [6, 6.07) is 13.1. The molecule has 4 rings (SSSR count). The SMILES string of the molecule is N#Cc1cccc(SNc2ccc(F)c(C#Cc3cnc4c(c3)C=C=N4)c2F)c1. The van der Waals surface area contributed by atoms with E-state index in [0.717, 1.165) is 28.5 Å². The molecule has 29 heavy (non-hydrogen) atoms. The average Bonchev–Trinajstić information content (AvgIpc) is 3.21. The first-order valence-electron chi connectivity index (χ1n) is 8.36. The number of aromatic nitrogens is 1. The number of fused-ring (bicyclic) bond motifs is 1. The van der Waals surface area contributed by atoms with E-state index < -0.39 is 11.6 Å². The highest BCUT2D eigenvalue weighted by Crippen LogP contribution is 2.27. The van der Waals surface area contributed by atoms with Crippen LogP contribution in [0.25, 0.3) is 6.08 Å². The highest BCUT2D eigenvalue weighted by molar-refractivity contribution is 8.00. The van der Waals surface area contributed by atoms with Crippen molar-refractivity contribution in [2.24, 2.45) is 4.99 Å². The lowest BCUT2D eigenvalue weighted by atomic mass is 10.1. The van der Waals surface area contributed by atoms with Gasteiger partial charge in [0.2, 0.25) is 0 Å². The molecule has 1 N–H and O–H groups in total. The maximum atomic E-state index is 14.8. The summed E-state index contributed by atoms with van der Waals surface area (Å²) in [6.45, 7) is 0. The number of aliphatic imine (C=N–C) groups is 1. The van der Waals surface area contributed by atoms with Gasteiger partial charge in [-0.15, -0.1) is 0 Å². The molecule has 0 radical (unpaired) electrons. The fourth-order valence-corrected chi connectivity index (χ4v) is 3.25. The maximum Gasteiger partial charge on any atom is 0.169 e. The second-order valence-corrected chi connectivity index (χ2v) is 6.78. The van der Waals surface area contributed by atoms with Gasteiger partial charge in [-0.3, -0.25) is 0 Å². The number of anilines is 1. The quantitative estimate of drug-likeness (QED) is 0.385. The molecule has 0 spiro atoms. The minimum Gasteiger partial charge on any atom is -0.323 e. The van der Waals surface area contributed by atoms with Crippen molar-refractivity contribution >= 4 is 35.4 Å². The third kappa shape index (κ3) is 4.02. The molecule has 0 aliphatic carbocycles. The van der Waals surface area contributed by atoms with Crippen LogP contribution < -0.4 is 4.72 Å². The molecule has 0 bridgehead atoms. The summed E-state index contributed by atoms with van der Waals surface area (Å²) in [7, 11) is 0. The molecule has 3 aromatic rings. The van der Waals surface area contributed by atoms with Crippen LogP contribution in [0, 0.1) is 34.8 Å². The van der Waals surface area contributed by atoms with E-state index in [4.69, 9.17) is 5.26 Å². The van der Waals surface area contributed by atoms with E-state index in [-0.39, 0.29) is 11.3 Å². The molecule has 2 aromatic carbocycles. The van der Waals surface area contributed by atoms with Crippen LogP contribution in [-0.4, -0.2) is 10.9 Å². The minimum absolute atomic E-state index is 0.0893. The Hall–Kier alpha value is -3.90. The molecule has 0 unspecified atom stereocenters. The molecule has 0 fully saturated rings. The van der Waals surface area contributed by atoms with Crippen molar-refractivity contribution < 1.29 is 8.78 Å². The molecule has 0 atom stereocenters. The summed E-state index contributed by atoms with van der Waals surface area (Å²) < 4.78 is 31.8. The molecular formula is C22H10F2N4S. The maximum absolute atomic E-state index is 14.8. The van der Waals surface area contributed by atoms with Crippen molar-refractivity contribution in [3.05, 3.63) is 82.5 Å². The Bertz CT molecular complexity index is 1290. The van der Waals surface area contributed by atoms with Gasteiger partial charge in [-0.05, 0) is 54.2 Å². The third-order valence-corrected chi connectivity index (χ3v) is 4.76.